The van der Waals surface area contributed by atoms with E-state index in [1.165, 1.54) is 0 Å². The molecule has 0 saturated carbocycles. The zero-order chi connectivity index (χ0) is 12.3. The van der Waals surface area contributed by atoms with Gasteiger partial charge in [0, 0.05) is 16.9 Å². The summed E-state index contributed by atoms with van der Waals surface area (Å²) in [6, 6.07) is 7.79. The third-order valence-electron chi connectivity index (χ3n) is 2.41. The largest absolute Gasteiger partial charge is 0.497 e. The highest BCUT2D eigenvalue weighted by molar-refractivity contribution is 9.10. The number of benzene rings is 1. The molecule has 0 bridgehead atoms. The lowest BCUT2D eigenvalue weighted by atomic mass is 10.2. The zero-order valence-electron chi connectivity index (χ0n) is 9.22. The molecule has 5 heteroatoms. The van der Waals surface area contributed by atoms with Gasteiger partial charge in [-0.3, -0.25) is 0 Å². The normalized spacial score (nSPS) is 9.94. The molecule has 0 spiro atoms. The van der Waals surface area contributed by atoms with Gasteiger partial charge in [0.15, 0.2) is 0 Å². The summed E-state index contributed by atoms with van der Waals surface area (Å²) in [5.74, 6) is 1.20. The summed E-state index contributed by atoms with van der Waals surface area (Å²) in [4.78, 5) is 3.96. The highest BCUT2D eigenvalue weighted by Crippen LogP contribution is 2.23. The fourth-order valence-electron chi connectivity index (χ4n) is 1.53. The van der Waals surface area contributed by atoms with E-state index in [4.69, 9.17) is 10.00 Å². The smallest absolute Gasteiger partial charge is 0.213 e. The van der Waals surface area contributed by atoms with Gasteiger partial charge in [-0.25, -0.2) is 4.98 Å². The maximum atomic E-state index is 8.89. The van der Waals surface area contributed by atoms with Crippen LogP contribution in [0.3, 0.4) is 0 Å². The van der Waals surface area contributed by atoms with Crippen LogP contribution in [0.15, 0.2) is 35.1 Å². The first-order chi connectivity index (χ1) is 8.24. The summed E-state index contributed by atoms with van der Waals surface area (Å²) in [7, 11) is 1.63. The number of imidazole rings is 1. The average molecular weight is 292 g/mol. The van der Waals surface area contributed by atoms with Gasteiger partial charge in [-0.2, -0.15) is 5.26 Å². The Morgan fingerprint density at radius 2 is 2.35 bits per heavy atom. The number of ether oxygens (including phenoxy) is 1. The maximum absolute atomic E-state index is 8.89. The van der Waals surface area contributed by atoms with Crippen molar-refractivity contribution in [3.63, 3.8) is 0 Å². The first-order valence-electron chi connectivity index (χ1n) is 4.98. The fourth-order valence-corrected chi connectivity index (χ4v) is 1.90. The van der Waals surface area contributed by atoms with Crippen LogP contribution < -0.4 is 4.74 Å². The molecule has 86 valence electrons. The van der Waals surface area contributed by atoms with Gasteiger partial charge in [0.1, 0.15) is 11.8 Å². The molecule has 0 aliphatic heterocycles. The minimum Gasteiger partial charge on any atom is -0.497 e. The summed E-state index contributed by atoms with van der Waals surface area (Å²) in [6.45, 7) is 0.584. The lowest BCUT2D eigenvalue weighted by Crippen LogP contribution is -2.02. The van der Waals surface area contributed by atoms with Gasteiger partial charge in [0.05, 0.1) is 13.7 Å². The van der Waals surface area contributed by atoms with Crippen molar-refractivity contribution in [2.24, 2.45) is 0 Å². The van der Waals surface area contributed by atoms with Crippen molar-refractivity contribution in [2.75, 3.05) is 7.11 Å². The number of nitriles is 1. The van der Waals surface area contributed by atoms with Crippen LogP contribution >= 0.6 is 15.9 Å². The molecule has 0 N–H and O–H groups in total. The first kappa shape index (κ1) is 11.7. The molecule has 2 aromatic rings. The molecule has 0 aliphatic rings. The fraction of sp³-hybridized carbons (Fsp3) is 0.167. The third-order valence-corrected chi connectivity index (χ3v) is 3.18. The Balaban J connectivity index is 2.33. The average Bonchev–Trinajstić information content (AvgIpc) is 2.79. The first-order valence-corrected chi connectivity index (χ1v) is 5.77. The minimum atomic E-state index is 0.403. The molecule has 17 heavy (non-hydrogen) atoms. The molecular weight excluding hydrogens is 282 g/mol. The Kier molecular flexibility index (Phi) is 3.45. The van der Waals surface area contributed by atoms with Crippen LogP contribution in [-0.4, -0.2) is 16.7 Å². The van der Waals surface area contributed by atoms with E-state index in [9.17, 15) is 0 Å². The standard InChI is InChI=1S/C12H10BrN3O/c1-17-10-2-3-11(13)9(6-10)8-16-5-4-15-12(16)7-14/h2-6H,8H2,1H3. The summed E-state index contributed by atoms with van der Waals surface area (Å²) in [6.07, 6.45) is 3.40. The van der Waals surface area contributed by atoms with Crippen molar-refractivity contribution < 1.29 is 4.74 Å². The highest BCUT2D eigenvalue weighted by atomic mass is 79.9. The van der Waals surface area contributed by atoms with Gasteiger partial charge >= 0.3 is 0 Å². The monoisotopic (exact) mass is 291 g/mol. The lowest BCUT2D eigenvalue weighted by molar-refractivity contribution is 0.414. The predicted octanol–water partition coefficient (Wildman–Crippen LogP) is 2.57. The molecule has 0 amide bonds. The number of nitrogens with zero attached hydrogens (tertiary/aromatic N) is 3. The van der Waals surface area contributed by atoms with Crippen molar-refractivity contribution in [3.05, 3.63) is 46.5 Å². The number of hydrogen-bond acceptors (Lipinski definition) is 3. The molecule has 0 saturated heterocycles. The van der Waals surface area contributed by atoms with E-state index in [1.54, 1.807) is 24.1 Å². The summed E-state index contributed by atoms with van der Waals surface area (Å²) < 4.78 is 7.95. The molecule has 0 unspecified atom stereocenters. The molecule has 0 radical (unpaired) electrons. The van der Waals surface area contributed by atoms with Gasteiger partial charge in [-0.15, -0.1) is 0 Å². The van der Waals surface area contributed by atoms with Crippen LogP contribution in [-0.2, 0) is 6.54 Å². The quantitative estimate of drug-likeness (QED) is 0.873. The Morgan fingerprint density at radius 3 is 3.06 bits per heavy atom. The van der Waals surface area contributed by atoms with E-state index in [2.05, 4.69) is 20.9 Å². The number of hydrogen-bond donors (Lipinski definition) is 0. The summed E-state index contributed by atoms with van der Waals surface area (Å²) in [5.41, 5.74) is 1.04. The van der Waals surface area contributed by atoms with Gasteiger partial charge < -0.3 is 9.30 Å². The number of halogens is 1. The van der Waals surface area contributed by atoms with E-state index < -0.39 is 0 Å². The van der Waals surface area contributed by atoms with Crippen molar-refractivity contribution in [2.45, 2.75) is 6.54 Å². The summed E-state index contributed by atoms with van der Waals surface area (Å²) >= 11 is 3.48. The lowest BCUT2D eigenvalue weighted by Gasteiger charge is -2.08. The maximum Gasteiger partial charge on any atom is 0.213 e. The molecule has 2 rings (SSSR count). The van der Waals surface area contributed by atoms with Gasteiger partial charge in [-0.05, 0) is 23.8 Å². The Morgan fingerprint density at radius 1 is 1.53 bits per heavy atom. The predicted molar refractivity (Wildman–Crippen MR) is 66.7 cm³/mol. The van der Waals surface area contributed by atoms with Crippen LogP contribution in [0.5, 0.6) is 5.75 Å². The van der Waals surface area contributed by atoms with Crippen LogP contribution in [0.2, 0.25) is 0 Å². The van der Waals surface area contributed by atoms with Crippen LogP contribution in [0.4, 0.5) is 0 Å². The van der Waals surface area contributed by atoms with Crippen molar-refractivity contribution in [1.82, 2.24) is 9.55 Å². The summed E-state index contributed by atoms with van der Waals surface area (Å²) in [5, 5.41) is 8.89. The third kappa shape index (κ3) is 2.48. The molecule has 0 aliphatic carbocycles. The van der Waals surface area contributed by atoms with Crippen LogP contribution in [0.25, 0.3) is 0 Å². The second-order valence-corrected chi connectivity index (χ2v) is 4.30. The molecule has 4 nitrogen and oxygen atoms in total. The SMILES string of the molecule is COc1ccc(Br)c(Cn2ccnc2C#N)c1. The van der Waals surface area contributed by atoms with E-state index in [0.717, 1.165) is 15.8 Å². The minimum absolute atomic E-state index is 0.403. The van der Waals surface area contributed by atoms with E-state index >= 15 is 0 Å². The van der Waals surface area contributed by atoms with E-state index in [0.29, 0.717) is 12.4 Å². The van der Waals surface area contributed by atoms with Crippen LogP contribution in [0.1, 0.15) is 11.4 Å². The Hall–Kier alpha value is -1.80. The molecular formula is C12H10BrN3O. The second-order valence-electron chi connectivity index (χ2n) is 3.45. The van der Waals surface area contributed by atoms with E-state index in [1.807, 2.05) is 24.3 Å². The Labute approximate surface area is 108 Å². The van der Waals surface area contributed by atoms with Gasteiger partial charge in [0.25, 0.3) is 0 Å². The van der Waals surface area contributed by atoms with Crippen molar-refractivity contribution in [1.29, 1.82) is 5.26 Å². The second kappa shape index (κ2) is 5.02. The molecule has 0 fully saturated rings. The molecule has 1 aromatic heterocycles. The van der Waals surface area contributed by atoms with Gasteiger partial charge in [-0.1, -0.05) is 15.9 Å². The zero-order valence-corrected chi connectivity index (χ0v) is 10.8. The molecule has 1 heterocycles. The van der Waals surface area contributed by atoms with E-state index in [-0.39, 0.29) is 0 Å². The van der Waals surface area contributed by atoms with Crippen LogP contribution in [0, 0.1) is 11.3 Å². The molecule has 0 atom stereocenters. The molecule has 1 aromatic carbocycles. The van der Waals surface area contributed by atoms with Crippen molar-refractivity contribution in [3.8, 4) is 11.8 Å². The number of methoxy groups -OCH3 is 1. The Bertz CT molecular complexity index is 571. The van der Waals surface area contributed by atoms with Gasteiger partial charge in [0.2, 0.25) is 5.82 Å². The highest BCUT2D eigenvalue weighted by Gasteiger charge is 2.06. The topological polar surface area (TPSA) is 50.8 Å². The number of aromatic nitrogens is 2. The number of rotatable bonds is 3. The van der Waals surface area contributed by atoms with Crippen molar-refractivity contribution >= 4 is 15.9 Å².